The molecular formula is C33H32O2. The number of hydrogen-bond acceptors (Lipinski definition) is 1. The minimum Gasteiger partial charge on any atom is -0.478 e. The summed E-state index contributed by atoms with van der Waals surface area (Å²) in [5, 5.41) is 9.38. The fourth-order valence-corrected chi connectivity index (χ4v) is 5.39. The Morgan fingerprint density at radius 2 is 1.20 bits per heavy atom. The molecule has 0 aliphatic heterocycles. The highest BCUT2D eigenvalue weighted by molar-refractivity contribution is 5.91. The molecule has 4 aromatic rings. The first kappa shape index (κ1) is 23.1. The molecule has 0 unspecified atom stereocenters. The van der Waals surface area contributed by atoms with Crippen molar-refractivity contribution in [3.63, 3.8) is 0 Å². The lowest BCUT2D eigenvalue weighted by Crippen LogP contribution is -2.33. The van der Waals surface area contributed by atoms with Gasteiger partial charge in [-0.05, 0) is 86.4 Å². The van der Waals surface area contributed by atoms with Crippen molar-refractivity contribution in [3.8, 4) is 33.4 Å². The van der Waals surface area contributed by atoms with E-state index < -0.39 is 5.97 Å². The molecule has 0 amide bonds. The first-order valence-electron chi connectivity index (χ1n) is 12.3. The molecule has 5 rings (SSSR count). The van der Waals surface area contributed by atoms with E-state index in [4.69, 9.17) is 0 Å². The van der Waals surface area contributed by atoms with E-state index in [0.29, 0.717) is 5.56 Å². The van der Waals surface area contributed by atoms with Crippen molar-refractivity contribution in [2.45, 2.75) is 51.4 Å². The summed E-state index contributed by atoms with van der Waals surface area (Å²) in [5.41, 5.74) is 10.3. The second-order valence-corrected chi connectivity index (χ2v) is 11.0. The Morgan fingerprint density at radius 1 is 0.600 bits per heavy atom. The summed E-state index contributed by atoms with van der Waals surface area (Å²) in [6.07, 6.45) is 2.37. The van der Waals surface area contributed by atoms with Gasteiger partial charge in [-0.15, -0.1) is 0 Å². The van der Waals surface area contributed by atoms with Crippen molar-refractivity contribution in [2.24, 2.45) is 0 Å². The molecule has 0 bridgehead atoms. The molecule has 2 heteroatoms. The highest BCUT2D eigenvalue weighted by Crippen LogP contribution is 2.47. The van der Waals surface area contributed by atoms with Gasteiger partial charge in [-0.3, -0.25) is 0 Å². The molecule has 35 heavy (non-hydrogen) atoms. The van der Waals surface area contributed by atoms with E-state index in [-0.39, 0.29) is 10.8 Å². The summed E-state index contributed by atoms with van der Waals surface area (Å²) in [7, 11) is 0. The third-order valence-electron chi connectivity index (χ3n) is 7.73. The normalized spacial score (nSPS) is 15.9. The van der Waals surface area contributed by atoms with Gasteiger partial charge in [-0.25, -0.2) is 4.79 Å². The van der Waals surface area contributed by atoms with Crippen LogP contribution in [0.1, 0.15) is 62.0 Å². The van der Waals surface area contributed by atoms with E-state index in [0.717, 1.165) is 27.8 Å². The number of fused-ring (bicyclic) bond motifs is 1. The summed E-state index contributed by atoms with van der Waals surface area (Å²) in [6.45, 7) is 9.42. The summed E-state index contributed by atoms with van der Waals surface area (Å²) in [4.78, 5) is 11.4. The Morgan fingerprint density at radius 3 is 1.86 bits per heavy atom. The Balaban J connectivity index is 1.70. The molecule has 1 aliphatic rings. The highest BCUT2D eigenvalue weighted by atomic mass is 16.4. The summed E-state index contributed by atoms with van der Waals surface area (Å²) in [6, 6.07) is 31.2. The van der Waals surface area contributed by atoms with Crippen LogP contribution in [0.5, 0.6) is 0 Å². The van der Waals surface area contributed by atoms with Crippen LogP contribution >= 0.6 is 0 Å². The van der Waals surface area contributed by atoms with Crippen LogP contribution in [0.2, 0.25) is 0 Å². The number of carboxylic acid groups (broad SMARTS) is 1. The zero-order valence-corrected chi connectivity index (χ0v) is 20.9. The predicted molar refractivity (Wildman–Crippen MR) is 145 cm³/mol. The largest absolute Gasteiger partial charge is 0.478 e. The molecule has 176 valence electrons. The van der Waals surface area contributed by atoms with Crippen LogP contribution in [0.15, 0.2) is 91.0 Å². The van der Waals surface area contributed by atoms with Gasteiger partial charge in [-0.2, -0.15) is 0 Å². The monoisotopic (exact) mass is 460 g/mol. The molecule has 2 nitrogen and oxygen atoms in total. The Bertz CT molecular complexity index is 1390. The Labute approximate surface area is 208 Å². The zero-order valence-electron chi connectivity index (χ0n) is 20.9. The molecule has 0 saturated heterocycles. The molecule has 4 aromatic carbocycles. The van der Waals surface area contributed by atoms with Gasteiger partial charge in [0, 0.05) is 0 Å². The predicted octanol–water partition coefficient (Wildman–Crippen LogP) is 8.73. The van der Waals surface area contributed by atoms with Gasteiger partial charge in [0.05, 0.1) is 5.56 Å². The SMILES string of the molecule is CC1(C)CCC(C)(C)c2cc(-c3ccc(-c4ccccc4)cc3-c3ccc(C(=O)O)cc3)ccc21. The first-order chi connectivity index (χ1) is 16.7. The van der Waals surface area contributed by atoms with E-state index in [1.165, 1.54) is 29.5 Å². The third-order valence-corrected chi connectivity index (χ3v) is 7.73. The summed E-state index contributed by atoms with van der Waals surface area (Å²) < 4.78 is 0. The van der Waals surface area contributed by atoms with Crippen molar-refractivity contribution < 1.29 is 9.90 Å². The molecule has 1 aliphatic carbocycles. The van der Waals surface area contributed by atoms with Crippen molar-refractivity contribution in [3.05, 3.63) is 108 Å². The number of rotatable bonds is 4. The molecule has 0 aromatic heterocycles. The van der Waals surface area contributed by atoms with Crippen molar-refractivity contribution >= 4 is 5.97 Å². The van der Waals surface area contributed by atoms with Gasteiger partial charge in [0.1, 0.15) is 0 Å². The van der Waals surface area contributed by atoms with Gasteiger partial charge in [0.2, 0.25) is 0 Å². The molecule has 0 spiro atoms. The third kappa shape index (κ3) is 4.30. The van der Waals surface area contributed by atoms with E-state index >= 15 is 0 Å². The van der Waals surface area contributed by atoms with Crippen molar-refractivity contribution in [1.82, 2.24) is 0 Å². The van der Waals surface area contributed by atoms with Gasteiger partial charge < -0.3 is 5.11 Å². The minimum atomic E-state index is -0.908. The second kappa shape index (κ2) is 8.53. The zero-order chi connectivity index (χ0) is 24.8. The lowest BCUT2D eigenvalue weighted by Gasteiger charge is -2.42. The molecule has 0 atom stereocenters. The lowest BCUT2D eigenvalue weighted by atomic mass is 9.63. The summed E-state index contributed by atoms with van der Waals surface area (Å²) >= 11 is 0. The van der Waals surface area contributed by atoms with Crippen LogP contribution in [0.4, 0.5) is 0 Å². The van der Waals surface area contributed by atoms with Crippen molar-refractivity contribution in [2.75, 3.05) is 0 Å². The molecule has 0 saturated carbocycles. The van der Waals surface area contributed by atoms with Crippen LogP contribution in [-0.4, -0.2) is 11.1 Å². The molecule has 0 radical (unpaired) electrons. The minimum absolute atomic E-state index is 0.133. The molecule has 0 fully saturated rings. The van der Waals surface area contributed by atoms with Gasteiger partial charge in [0.15, 0.2) is 0 Å². The average Bonchev–Trinajstić information content (AvgIpc) is 2.87. The number of carbonyl (C=O) groups is 1. The van der Waals surface area contributed by atoms with Gasteiger partial charge in [-0.1, -0.05) is 100 Å². The van der Waals surface area contributed by atoms with E-state index in [2.05, 4.69) is 88.4 Å². The fraction of sp³-hybridized carbons (Fsp3) is 0.242. The quantitative estimate of drug-likeness (QED) is 0.330. The van der Waals surface area contributed by atoms with Crippen LogP contribution in [0.25, 0.3) is 33.4 Å². The van der Waals surface area contributed by atoms with Crippen LogP contribution in [0.3, 0.4) is 0 Å². The lowest BCUT2D eigenvalue weighted by molar-refractivity contribution is 0.0697. The maximum Gasteiger partial charge on any atom is 0.335 e. The van der Waals surface area contributed by atoms with E-state index in [1.54, 1.807) is 12.1 Å². The van der Waals surface area contributed by atoms with Crippen LogP contribution in [-0.2, 0) is 10.8 Å². The average molecular weight is 461 g/mol. The van der Waals surface area contributed by atoms with E-state index in [9.17, 15) is 9.90 Å². The topological polar surface area (TPSA) is 37.3 Å². The Kier molecular flexibility index (Phi) is 5.63. The number of benzene rings is 4. The van der Waals surface area contributed by atoms with Crippen molar-refractivity contribution in [1.29, 1.82) is 0 Å². The molecule has 1 N–H and O–H groups in total. The maximum atomic E-state index is 11.4. The smallest absolute Gasteiger partial charge is 0.335 e. The molecular weight excluding hydrogens is 428 g/mol. The standard InChI is InChI=1S/C33H32O2/c1-32(2)18-19-33(3,4)30-21-26(15-17-29(30)32)27-16-14-25(22-8-6-5-7-9-22)20-28(27)23-10-12-24(13-11-23)31(34)35/h5-17,20-21H,18-19H2,1-4H3,(H,34,35). The summed E-state index contributed by atoms with van der Waals surface area (Å²) in [5.74, 6) is -0.908. The maximum absolute atomic E-state index is 11.4. The van der Waals surface area contributed by atoms with E-state index in [1.807, 2.05) is 18.2 Å². The van der Waals surface area contributed by atoms with Gasteiger partial charge >= 0.3 is 5.97 Å². The molecule has 0 heterocycles. The van der Waals surface area contributed by atoms with Crippen LogP contribution < -0.4 is 0 Å². The highest BCUT2D eigenvalue weighted by Gasteiger charge is 2.37. The second-order valence-electron chi connectivity index (χ2n) is 11.0. The first-order valence-corrected chi connectivity index (χ1v) is 12.3. The number of hydrogen-bond donors (Lipinski definition) is 1. The number of aromatic carboxylic acids is 1. The van der Waals surface area contributed by atoms with Gasteiger partial charge in [0.25, 0.3) is 0 Å². The number of carboxylic acids is 1. The Hall–Kier alpha value is -3.65. The fourth-order valence-electron chi connectivity index (χ4n) is 5.39. The van der Waals surface area contributed by atoms with Crippen LogP contribution in [0, 0.1) is 0 Å².